The predicted octanol–water partition coefficient (Wildman–Crippen LogP) is 4.62. The third-order valence-corrected chi connectivity index (χ3v) is 5.61. The Morgan fingerprint density at radius 3 is 2.03 bits per heavy atom. The van der Waals surface area contributed by atoms with Crippen LogP contribution in [0.2, 0.25) is 0 Å². The quantitative estimate of drug-likeness (QED) is 0.503. The summed E-state index contributed by atoms with van der Waals surface area (Å²) in [6.45, 7) is 1.87. The molecule has 1 heterocycles. The molecule has 0 fully saturated rings. The van der Waals surface area contributed by atoms with E-state index < -0.39 is 15.8 Å². The van der Waals surface area contributed by atoms with E-state index in [1.807, 2.05) is 6.92 Å². The highest BCUT2D eigenvalue weighted by Crippen LogP contribution is 2.28. The second-order valence-electron chi connectivity index (χ2n) is 6.43. The Morgan fingerprint density at radius 2 is 1.38 bits per heavy atom. The number of aryl methyl sites for hydroxylation is 1. The smallest absolute Gasteiger partial charge is 0.263 e. The lowest BCUT2D eigenvalue weighted by Gasteiger charge is -2.14. The zero-order valence-corrected chi connectivity index (χ0v) is 16.2. The number of hydrogen-bond acceptors (Lipinski definition) is 5. The van der Waals surface area contributed by atoms with E-state index in [2.05, 4.69) is 20.0 Å². The molecule has 4 rings (SSSR count). The van der Waals surface area contributed by atoms with Crippen LogP contribution in [0.15, 0.2) is 77.7 Å². The monoisotopic (exact) mass is 408 g/mol. The van der Waals surface area contributed by atoms with E-state index in [0.29, 0.717) is 11.0 Å². The lowest BCUT2D eigenvalue weighted by Crippen LogP contribution is -2.16. The van der Waals surface area contributed by atoms with E-state index in [1.54, 1.807) is 48.5 Å². The van der Waals surface area contributed by atoms with Crippen molar-refractivity contribution in [3.63, 3.8) is 0 Å². The third kappa shape index (κ3) is 4.02. The molecule has 0 atom stereocenters. The standard InChI is InChI=1S/C21H17FN4O2S/c1-14-10-12-15(13-11-14)29(27,28)26-21-20(23-17-7-3-2-6-16(17)22)24-18-8-4-5-9-19(18)25-21/h2-13H,1H3,(H,23,24)(H,25,26). The average molecular weight is 408 g/mol. The number of hydrogen-bond donors (Lipinski definition) is 2. The molecule has 29 heavy (non-hydrogen) atoms. The molecule has 0 saturated heterocycles. The molecule has 0 unspecified atom stereocenters. The van der Waals surface area contributed by atoms with Gasteiger partial charge in [0, 0.05) is 0 Å². The van der Waals surface area contributed by atoms with Crippen LogP contribution < -0.4 is 10.0 Å². The van der Waals surface area contributed by atoms with Crippen molar-refractivity contribution in [2.75, 3.05) is 10.0 Å². The van der Waals surface area contributed by atoms with Gasteiger partial charge in [-0.05, 0) is 43.3 Å². The number of aromatic nitrogens is 2. The van der Waals surface area contributed by atoms with Gasteiger partial charge in [-0.1, -0.05) is 42.0 Å². The van der Waals surface area contributed by atoms with Gasteiger partial charge >= 0.3 is 0 Å². The van der Waals surface area contributed by atoms with Gasteiger partial charge in [0.2, 0.25) is 0 Å². The Labute approximate surface area is 167 Å². The summed E-state index contributed by atoms with van der Waals surface area (Å²) in [4.78, 5) is 8.92. The minimum absolute atomic E-state index is 0.0208. The number of benzene rings is 3. The number of rotatable bonds is 5. The van der Waals surface area contributed by atoms with Crippen molar-refractivity contribution < 1.29 is 12.8 Å². The number of nitrogens with one attached hydrogen (secondary N) is 2. The second-order valence-corrected chi connectivity index (χ2v) is 8.12. The van der Waals surface area contributed by atoms with Crippen LogP contribution >= 0.6 is 0 Å². The first-order chi connectivity index (χ1) is 13.9. The number of para-hydroxylation sites is 3. The number of nitrogens with zero attached hydrogens (tertiary/aromatic N) is 2. The van der Waals surface area contributed by atoms with Crippen molar-refractivity contribution in [3.05, 3.63) is 84.2 Å². The van der Waals surface area contributed by atoms with Crippen LogP contribution in [-0.4, -0.2) is 18.4 Å². The molecule has 0 amide bonds. The van der Waals surface area contributed by atoms with Crippen molar-refractivity contribution in [1.29, 1.82) is 0 Å². The predicted molar refractivity (Wildman–Crippen MR) is 111 cm³/mol. The van der Waals surface area contributed by atoms with Crippen molar-refractivity contribution in [3.8, 4) is 0 Å². The van der Waals surface area contributed by atoms with Crippen molar-refractivity contribution in [2.45, 2.75) is 11.8 Å². The molecule has 0 spiro atoms. The molecule has 0 bridgehead atoms. The van der Waals surface area contributed by atoms with Gasteiger partial charge < -0.3 is 5.32 Å². The largest absolute Gasteiger partial charge is 0.335 e. The molecule has 0 aliphatic carbocycles. The average Bonchev–Trinajstić information content (AvgIpc) is 2.70. The maximum atomic E-state index is 14.1. The molecule has 0 aliphatic rings. The summed E-state index contributed by atoms with van der Waals surface area (Å²) < 4.78 is 42.3. The van der Waals surface area contributed by atoms with E-state index in [9.17, 15) is 12.8 Å². The Balaban J connectivity index is 1.79. The lowest BCUT2D eigenvalue weighted by atomic mass is 10.2. The summed E-state index contributed by atoms with van der Waals surface area (Å²) in [5.74, 6) is -0.410. The zero-order chi connectivity index (χ0) is 20.4. The molecule has 146 valence electrons. The topological polar surface area (TPSA) is 84.0 Å². The molecule has 1 aromatic heterocycles. The maximum Gasteiger partial charge on any atom is 0.263 e. The number of fused-ring (bicyclic) bond motifs is 1. The first-order valence-corrected chi connectivity index (χ1v) is 10.3. The summed E-state index contributed by atoms with van der Waals surface area (Å²) in [5.41, 5.74) is 2.15. The van der Waals surface area contributed by atoms with E-state index in [0.717, 1.165) is 5.56 Å². The van der Waals surface area contributed by atoms with E-state index in [-0.39, 0.29) is 22.2 Å². The fraction of sp³-hybridized carbons (Fsp3) is 0.0476. The highest BCUT2D eigenvalue weighted by molar-refractivity contribution is 7.92. The fourth-order valence-corrected chi connectivity index (χ4v) is 3.76. The molecule has 3 aromatic carbocycles. The van der Waals surface area contributed by atoms with Crippen molar-refractivity contribution >= 4 is 38.4 Å². The van der Waals surface area contributed by atoms with E-state index in [1.165, 1.54) is 24.3 Å². The fourth-order valence-electron chi connectivity index (χ4n) is 2.75. The minimum Gasteiger partial charge on any atom is -0.335 e. The van der Waals surface area contributed by atoms with Gasteiger partial charge in [-0.25, -0.2) is 22.8 Å². The molecule has 4 aromatic rings. The highest BCUT2D eigenvalue weighted by Gasteiger charge is 2.19. The molecule has 2 N–H and O–H groups in total. The number of sulfonamides is 1. The summed E-state index contributed by atoms with van der Waals surface area (Å²) >= 11 is 0. The maximum absolute atomic E-state index is 14.1. The van der Waals surface area contributed by atoms with Gasteiger partial charge in [-0.15, -0.1) is 0 Å². The van der Waals surface area contributed by atoms with Gasteiger partial charge in [0.15, 0.2) is 11.6 Å². The first-order valence-electron chi connectivity index (χ1n) is 8.80. The van der Waals surface area contributed by atoms with Crippen molar-refractivity contribution in [1.82, 2.24) is 9.97 Å². The van der Waals surface area contributed by atoms with Gasteiger partial charge in [-0.3, -0.25) is 4.72 Å². The molecule has 0 radical (unpaired) electrons. The van der Waals surface area contributed by atoms with Gasteiger partial charge in [-0.2, -0.15) is 0 Å². The van der Waals surface area contributed by atoms with E-state index in [4.69, 9.17) is 0 Å². The van der Waals surface area contributed by atoms with Crippen LogP contribution in [0.4, 0.5) is 21.7 Å². The Hall–Kier alpha value is -3.52. The Bertz CT molecular complexity index is 1290. The Kier molecular flexibility index (Phi) is 4.85. The molecule has 8 heteroatoms. The summed E-state index contributed by atoms with van der Waals surface area (Å²) in [7, 11) is -3.91. The van der Waals surface area contributed by atoms with E-state index >= 15 is 0 Å². The van der Waals surface area contributed by atoms with Gasteiger partial charge in [0.1, 0.15) is 5.82 Å². The number of halogens is 1. The lowest BCUT2D eigenvalue weighted by molar-refractivity contribution is 0.601. The van der Waals surface area contributed by atoms with Crippen LogP contribution in [0.25, 0.3) is 11.0 Å². The van der Waals surface area contributed by atoms with Gasteiger partial charge in [0.05, 0.1) is 21.6 Å². The molecule has 0 aliphatic heterocycles. The summed E-state index contributed by atoms with van der Waals surface area (Å²) in [5, 5.41) is 2.84. The Morgan fingerprint density at radius 1 is 0.793 bits per heavy atom. The van der Waals surface area contributed by atoms with Gasteiger partial charge in [0.25, 0.3) is 10.0 Å². The van der Waals surface area contributed by atoms with Crippen LogP contribution in [0.5, 0.6) is 0 Å². The highest BCUT2D eigenvalue weighted by atomic mass is 32.2. The number of anilines is 3. The van der Waals surface area contributed by atoms with Crippen LogP contribution in [-0.2, 0) is 10.0 Å². The SMILES string of the molecule is Cc1ccc(S(=O)(=O)Nc2nc3ccccc3nc2Nc2ccccc2F)cc1. The van der Waals surface area contributed by atoms with Crippen LogP contribution in [0, 0.1) is 12.7 Å². The summed E-state index contributed by atoms with van der Waals surface area (Å²) in [6.07, 6.45) is 0. The zero-order valence-electron chi connectivity index (χ0n) is 15.4. The van der Waals surface area contributed by atoms with Crippen LogP contribution in [0.1, 0.15) is 5.56 Å². The normalized spacial score (nSPS) is 11.4. The molecular formula is C21H17FN4O2S. The third-order valence-electron chi connectivity index (χ3n) is 4.26. The molecule has 6 nitrogen and oxygen atoms in total. The second kappa shape index (κ2) is 7.48. The summed E-state index contributed by atoms with van der Waals surface area (Å²) in [6, 6.07) is 19.5. The molecular weight excluding hydrogens is 391 g/mol. The minimum atomic E-state index is -3.91. The van der Waals surface area contributed by atoms with Crippen LogP contribution in [0.3, 0.4) is 0 Å². The first kappa shape index (κ1) is 18.8. The molecule has 0 saturated carbocycles. The van der Waals surface area contributed by atoms with Crippen molar-refractivity contribution in [2.24, 2.45) is 0 Å².